The molecule has 0 fully saturated rings. The van der Waals surface area contributed by atoms with E-state index in [1.807, 2.05) is 36.4 Å². The molecule has 0 saturated carbocycles. The van der Waals surface area contributed by atoms with Crippen molar-refractivity contribution in [2.75, 3.05) is 5.32 Å². The molecule has 4 heteroatoms. The smallest absolute Gasteiger partial charge is 0.259 e. The Hall–Kier alpha value is -2.59. The predicted octanol–water partition coefficient (Wildman–Crippen LogP) is 3.74. The summed E-state index contributed by atoms with van der Waals surface area (Å²) in [6, 6.07) is 14.6. The van der Waals surface area contributed by atoms with Crippen molar-refractivity contribution in [3.05, 3.63) is 65.9 Å². The second kappa shape index (κ2) is 5.42. The van der Waals surface area contributed by atoms with E-state index in [-0.39, 0.29) is 5.91 Å². The van der Waals surface area contributed by atoms with Crippen LogP contribution in [0.1, 0.15) is 28.9 Å². The third-order valence-corrected chi connectivity index (χ3v) is 3.38. The molecule has 4 nitrogen and oxygen atoms in total. The standard InChI is InChI=1S/C17H15NO3/c1-11(19)12-6-2-4-8-15(12)18-17(20)14-10-21-16-9-5-3-7-13(14)16/h2-11,19H,1H3,(H,18,20). The minimum atomic E-state index is -0.650. The van der Waals surface area contributed by atoms with Crippen molar-refractivity contribution in [2.45, 2.75) is 13.0 Å². The molecule has 0 aliphatic rings. The Morgan fingerprint density at radius 2 is 1.86 bits per heavy atom. The van der Waals surface area contributed by atoms with Gasteiger partial charge in [-0.2, -0.15) is 0 Å². The highest BCUT2D eigenvalue weighted by molar-refractivity contribution is 6.12. The van der Waals surface area contributed by atoms with Crippen molar-refractivity contribution in [2.24, 2.45) is 0 Å². The normalized spacial score (nSPS) is 12.3. The molecular weight excluding hydrogens is 266 g/mol. The fourth-order valence-corrected chi connectivity index (χ4v) is 2.32. The average molecular weight is 281 g/mol. The fourth-order valence-electron chi connectivity index (χ4n) is 2.32. The van der Waals surface area contributed by atoms with Gasteiger partial charge in [0.05, 0.1) is 11.7 Å². The van der Waals surface area contributed by atoms with Crippen LogP contribution in [0.15, 0.2) is 59.2 Å². The summed E-state index contributed by atoms with van der Waals surface area (Å²) in [6.07, 6.45) is 0.799. The van der Waals surface area contributed by atoms with E-state index in [1.165, 1.54) is 6.26 Å². The molecule has 1 atom stereocenters. The van der Waals surface area contributed by atoms with Gasteiger partial charge < -0.3 is 14.8 Å². The summed E-state index contributed by atoms with van der Waals surface area (Å²) in [5.41, 5.74) is 2.43. The Morgan fingerprint density at radius 1 is 1.14 bits per heavy atom. The molecule has 0 aliphatic heterocycles. The minimum absolute atomic E-state index is 0.256. The van der Waals surface area contributed by atoms with E-state index < -0.39 is 6.10 Å². The molecule has 1 unspecified atom stereocenters. The number of hydrogen-bond acceptors (Lipinski definition) is 3. The van der Waals surface area contributed by atoms with Crippen molar-refractivity contribution in [3.63, 3.8) is 0 Å². The summed E-state index contributed by atoms with van der Waals surface area (Å²) in [4.78, 5) is 12.4. The number of benzene rings is 2. The van der Waals surface area contributed by atoms with Crippen LogP contribution in [0.3, 0.4) is 0 Å². The Kier molecular flexibility index (Phi) is 3.46. The molecule has 3 aromatic rings. The van der Waals surface area contributed by atoms with E-state index in [1.54, 1.807) is 19.1 Å². The van der Waals surface area contributed by atoms with Crippen LogP contribution in [0.4, 0.5) is 5.69 Å². The lowest BCUT2D eigenvalue weighted by molar-refractivity contribution is 0.102. The number of fused-ring (bicyclic) bond motifs is 1. The number of para-hydroxylation sites is 2. The number of carbonyl (C=O) groups is 1. The molecule has 2 N–H and O–H groups in total. The minimum Gasteiger partial charge on any atom is -0.463 e. The highest BCUT2D eigenvalue weighted by Crippen LogP contribution is 2.25. The summed E-state index contributed by atoms with van der Waals surface area (Å²) in [6.45, 7) is 1.66. The molecule has 21 heavy (non-hydrogen) atoms. The number of aliphatic hydroxyl groups excluding tert-OH is 1. The van der Waals surface area contributed by atoms with Crippen LogP contribution in [-0.4, -0.2) is 11.0 Å². The summed E-state index contributed by atoms with van der Waals surface area (Å²) in [7, 11) is 0. The number of hydrogen-bond donors (Lipinski definition) is 2. The van der Waals surface area contributed by atoms with Gasteiger partial charge in [0.1, 0.15) is 11.8 Å². The Labute approximate surface area is 122 Å². The first kappa shape index (κ1) is 13.4. The number of anilines is 1. The van der Waals surface area contributed by atoms with Crippen molar-refractivity contribution >= 4 is 22.6 Å². The van der Waals surface area contributed by atoms with E-state index >= 15 is 0 Å². The number of amides is 1. The lowest BCUT2D eigenvalue weighted by Gasteiger charge is -2.12. The topological polar surface area (TPSA) is 62.5 Å². The van der Waals surface area contributed by atoms with E-state index in [0.29, 0.717) is 22.4 Å². The van der Waals surface area contributed by atoms with Crippen LogP contribution in [0.25, 0.3) is 11.0 Å². The number of aliphatic hydroxyl groups is 1. The van der Waals surface area contributed by atoms with Crippen molar-refractivity contribution in [1.29, 1.82) is 0 Å². The van der Waals surface area contributed by atoms with Crippen LogP contribution in [0, 0.1) is 0 Å². The van der Waals surface area contributed by atoms with E-state index in [4.69, 9.17) is 4.42 Å². The largest absolute Gasteiger partial charge is 0.463 e. The van der Waals surface area contributed by atoms with E-state index in [2.05, 4.69) is 5.32 Å². The Bertz CT molecular complexity index is 789. The van der Waals surface area contributed by atoms with Gasteiger partial charge in [0.15, 0.2) is 0 Å². The second-order valence-electron chi connectivity index (χ2n) is 4.86. The molecule has 106 valence electrons. The molecule has 0 bridgehead atoms. The van der Waals surface area contributed by atoms with Crippen molar-refractivity contribution < 1.29 is 14.3 Å². The maximum absolute atomic E-state index is 12.4. The first-order valence-electron chi connectivity index (χ1n) is 6.71. The Balaban J connectivity index is 1.94. The number of carbonyl (C=O) groups excluding carboxylic acids is 1. The molecule has 3 rings (SSSR count). The van der Waals surface area contributed by atoms with Crippen molar-refractivity contribution in [1.82, 2.24) is 0 Å². The Morgan fingerprint density at radius 3 is 2.67 bits per heavy atom. The third-order valence-electron chi connectivity index (χ3n) is 3.38. The van der Waals surface area contributed by atoms with Crippen LogP contribution >= 0.6 is 0 Å². The van der Waals surface area contributed by atoms with Crippen molar-refractivity contribution in [3.8, 4) is 0 Å². The molecule has 0 spiro atoms. The molecule has 1 heterocycles. The lowest BCUT2D eigenvalue weighted by atomic mass is 10.1. The molecule has 2 aromatic carbocycles. The number of rotatable bonds is 3. The van der Waals surface area contributed by atoms with Gasteiger partial charge >= 0.3 is 0 Å². The molecule has 0 radical (unpaired) electrons. The van der Waals surface area contributed by atoms with Crippen LogP contribution in [-0.2, 0) is 0 Å². The van der Waals surface area contributed by atoms with E-state index in [0.717, 1.165) is 5.39 Å². The van der Waals surface area contributed by atoms with Crippen LogP contribution in [0.2, 0.25) is 0 Å². The van der Waals surface area contributed by atoms with Gasteiger partial charge in [-0.15, -0.1) is 0 Å². The van der Waals surface area contributed by atoms with Crippen LogP contribution < -0.4 is 5.32 Å². The monoisotopic (exact) mass is 281 g/mol. The lowest BCUT2D eigenvalue weighted by Crippen LogP contribution is -2.13. The highest BCUT2D eigenvalue weighted by Gasteiger charge is 2.15. The third kappa shape index (κ3) is 2.53. The summed E-state index contributed by atoms with van der Waals surface area (Å²) < 4.78 is 5.38. The van der Waals surface area contributed by atoms with Gasteiger partial charge in [0.2, 0.25) is 0 Å². The predicted molar refractivity (Wildman–Crippen MR) is 81.2 cm³/mol. The first-order valence-corrected chi connectivity index (χ1v) is 6.71. The molecule has 1 aromatic heterocycles. The fraction of sp³-hybridized carbons (Fsp3) is 0.118. The zero-order valence-electron chi connectivity index (χ0n) is 11.5. The average Bonchev–Trinajstić information content (AvgIpc) is 2.91. The zero-order valence-corrected chi connectivity index (χ0v) is 11.5. The van der Waals surface area contributed by atoms with Crippen LogP contribution in [0.5, 0.6) is 0 Å². The first-order chi connectivity index (χ1) is 10.2. The highest BCUT2D eigenvalue weighted by atomic mass is 16.3. The van der Waals surface area contributed by atoms with Gasteiger partial charge in [-0.05, 0) is 19.1 Å². The van der Waals surface area contributed by atoms with Gasteiger partial charge in [0, 0.05) is 16.6 Å². The van der Waals surface area contributed by atoms with Gasteiger partial charge in [0.25, 0.3) is 5.91 Å². The van der Waals surface area contributed by atoms with Gasteiger partial charge in [-0.1, -0.05) is 36.4 Å². The molecule has 0 aliphatic carbocycles. The molecule has 1 amide bonds. The zero-order chi connectivity index (χ0) is 14.8. The summed E-state index contributed by atoms with van der Waals surface area (Å²) in [5.74, 6) is -0.256. The molecular formula is C17H15NO3. The summed E-state index contributed by atoms with van der Waals surface area (Å²) >= 11 is 0. The van der Waals surface area contributed by atoms with Gasteiger partial charge in [-0.3, -0.25) is 4.79 Å². The van der Waals surface area contributed by atoms with E-state index in [9.17, 15) is 9.90 Å². The summed E-state index contributed by atoms with van der Waals surface area (Å²) in [5, 5.41) is 13.3. The maximum atomic E-state index is 12.4. The quantitative estimate of drug-likeness (QED) is 0.768. The second-order valence-corrected chi connectivity index (χ2v) is 4.86. The molecule has 0 saturated heterocycles. The SMILES string of the molecule is CC(O)c1ccccc1NC(=O)c1coc2ccccc12. The van der Waals surface area contributed by atoms with Gasteiger partial charge in [-0.25, -0.2) is 0 Å². The number of furan rings is 1. The maximum Gasteiger partial charge on any atom is 0.259 e. The number of nitrogens with one attached hydrogen (secondary N) is 1.